The maximum absolute atomic E-state index is 12.6. The quantitative estimate of drug-likeness (QED) is 0.414. The van der Waals surface area contributed by atoms with Crippen molar-refractivity contribution in [2.75, 3.05) is 6.54 Å². The molecule has 14 heteroatoms. The molecule has 0 aliphatic carbocycles. The van der Waals surface area contributed by atoms with Crippen LogP contribution >= 0.6 is 11.6 Å². The molecular formula is C14H16ClF3N3O5S2+. The molecule has 1 aliphatic rings. The number of fused-ring (bicyclic) bond motifs is 1. The van der Waals surface area contributed by atoms with Crippen LogP contribution < -0.4 is 4.57 Å². The van der Waals surface area contributed by atoms with Crippen molar-refractivity contribution in [3.05, 3.63) is 53.1 Å². The summed E-state index contributed by atoms with van der Waals surface area (Å²) in [6.07, 6.45) is 5.46. The molecule has 8 nitrogen and oxygen atoms in total. The van der Waals surface area contributed by atoms with Crippen LogP contribution in [0.5, 0.6) is 0 Å². The van der Waals surface area contributed by atoms with Crippen LogP contribution in [0.15, 0.2) is 36.9 Å². The van der Waals surface area contributed by atoms with E-state index in [1.807, 2.05) is 12.1 Å². The van der Waals surface area contributed by atoms with Crippen LogP contribution in [0.25, 0.3) is 0 Å². The van der Waals surface area contributed by atoms with Crippen LogP contribution in [-0.4, -0.2) is 41.7 Å². The smallest absolute Gasteiger partial charge is 0.279 e. The van der Waals surface area contributed by atoms with Gasteiger partial charge in [-0.05, 0) is 23.6 Å². The SMILES string of the molecule is C[n+]1ccn(S(=O)(=O)N2CCc3cccc(Cl)c3C2)c1.O=S(=O)(O)C(F)(F)F. The van der Waals surface area contributed by atoms with Crippen LogP contribution in [0.1, 0.15) is 11.1 Å². The fourth-order valence-corrected chi connectivity index (χ4v) is 4.02. The summed E-state index contributed by atoms with van der Waals surface area (Å²) >= 11 is 6.18. The monoisotopic (exact) mass is 462 g/mol. The van der Waals surface area contributed by atoms with Crippen molar-refractivity contribution in [3.8, 4) is 0 Å². The summed E-state index contributed by atoms with van der Waals surface area (Å²) in [5.74, 6) is 0. The Morgan fingerprint density at radius 2 is 1.82 bits per heavy atom. The third-order valence-electron chi connectivity index (χ3n) is 3.81. The lowest BCUT2D eigenvalue weighted by Gasteiger charge is -2.26. The van der Waals surface area contributed by atoms with Gasteiger partial charge in [0.2, 0.25) is 0 Å². The van der Waals surface area contributed by atoms with E-state index in [2.05, 4.69) is 0 Å². The third-order valence-corrected chi connectivity index (χ3v) is 6.46. The first-order chi connectivity index (χ1) is 12.7. The maximum atomic E-state index is 12.6. The molecule has 1 N–H and O–H groups in total. The van der Waals surface area contributed by atoms with E-state index < -0.39 is 25.8 Å². The summed E-state index contributed by atoms with van der Waals surface area (Å²) in [5, 5.41) is 0.625. The Bertz CT molecular complexity index is 1070. The van der Waals surface area contributed by atoms with Crippen molar-refractivity contribution >= 4 is 31.9 Å². The molecule has 0 radical (unpaired) electrons. The molecule has 0 saturated heterocycles. The number of halogens is 4. The van der Waals surface area contributed by atoms with Gasteiger partial charge in [-0.25, -0.2) is 4.57 Å². The number of rotatable bonds is 2. The molecule has 0 unspecified atom stereocenters. The molecule has 1 aliphatic heterocycles. The van der Waals surface area contributed by atoms with Crippen molar-refractivity contribution in [1.82, 2.24) is 8.28 Å². The lowest BCUT2D eigenvalue weighted by molar-refractivity contribution is -0.670. The second-order valence-electron chi connectivity index (χ2n) is 5.80. The van der Waals surface area contributed by atoms with Crippen molar-refractivity contribution in [3.63, 3.8) is 0 Å². The predicted molar refractivity (Wildman–Crippen MR) is 93.1 cm³/mol. The molecule has 0 fully saturated rings. The fourth-order valence-electron chi connectivity index (χ4n) is 2.41. The van der Waals surface area contributed by atoms with E-state index in [-0.39, 0.29) is 0 Å². The van der Waals surface area contributed by atoms with E-state index >= 15 is 0 Å². The van der Waals surface area contributed by atoms with Gasteiger partial charge < -0.3 is 0 Å². The minimum absolute atomic E-state index is 0.319. The first-order valence-electron chi connectivity index (χ1n) is 7.57. The van der Waals surface area contributed by atoms with E-state index in [9.17, 15) is 21.6 Å². The van der Waals surface area contributed by atoms with Gasteiger partial charge in [0.05, 0.1) is 7.05 Å². The Kier molecular flexibility index (Phi) is 6.45. The predicted octanol–water partition coefficient (Wildman–Crippen LogP) is 1.51. The molecule has 0 bridgehead atoms. The van der Waals surface area contributed by atoms with Gasteiger partial charge in [0.15, 0.2) is 0 Å². The van der Waals surface area contributed by atoms with Crippen molar-refractivity contribution in [2.24, 2.45) is 7.05 Å². The van der Waals surface area contributed by atoms with Crippen LogP contribution in [0.3, 0.4) is 0 Å². The van der Waals surface area contributed by atoms with Crippen LogP contribution in [0.4, 0.5) is 13.2 Å². The fraction of sp³-hybridized carbons (Fsp3) is 0.357. The van der Waals surface area contributed by atoms with E-state index in [0.29, 0.717) is 24.5 Å². The molecule has 0 saturated carbocycles. The average molecular weight is 463 g/mol. The lowest BCUT2D eigenvalue weighted by atomic mass is 10.0. The number of aryl methyl sites for hydroxylation is 1. The minimum atomic E-state index is -5.84. The van der Waals surface area contributed by atoms with Gasteiger partial charge in [-0.3, -0.25) is 4.55 Å². The van der Waals surface area contributed by atoms with Gasteiger partial charge in [-0.2, -0.15) is 34.3 Å². The molecule has 2 heterocycles. The van der Waals surface area contributed by atoms with E-state index in [1.165, 1.54) is 20.8 Å². The zero-order valence-corrected chi connectivity index (χ0v) is 16.7. The summed E-state index contributed by atoms with van der Waals surface area (Å²) in [7, 11) is -7.58. The first-order valence-corrected chi connectivity index (χ1v) is 10.8. The van der Waals surface area contributed by atoms with Gasteiger partial charge in [0, 0.05) is 18.1 Å². The van der Waals surface area contributed by atoms with Crippen LogP contribution in [0.2, 0.25) is 5.02 Å². The Morgan fingerprint density at radius 1 is 1.21 bits per heavy atom. The van der Waals surface area contributed by atoms with Crippen molar-refractivity contribution < 1.29 is 39.1 Å². The third kappa shape index (κ3) is 5.03. The number of nitrogens with zero attached hydrogens (tertiary/aromatic N) is 3. The standard InChI is InChI=1S/C13H15ClN3O2S.CHF3O3S/c1-15-7-8-17(10-15)20(18,19)16-6-5-11-3-2-4-13(14)12(11)9-16;2-1(3,4)8(5,6)7/h2-4,7-8,10H,5-6,9H2,1H3;(H,5,6,7)/q+1;. The molecule has 0 atom stereocenters. The summed E-state index contributed by atoms with van der Waals surface area (Å²) in [6, 6.07) is 5.70. The summed E-state index contributed by atoms with van der Waals surface area (Å²) in [5.41, 5.74) is -3.50. The van der Waals surface area contributed by atoms with E-state index in [0.717, 1.165) is 11.1 Å². The van der Waals surface area contributed by atoms with Crippen molar-refractivity contribution in [2.45, 2.75) is 18.5 Å². The molecule has 0 amide bonds. The number of hydrogen-bond donors (Lipinski definition) is 1. The topological polar surface area (TPSA) is 101 Å². The highest BCUT2D eigenvalue weighted by atomic mass is 35.5. The Morgan fingerprint density at radius 3 is 2.32 bits per heavy atom. The maximum Gasteiger partial charge on any atom is 0.522 e. The number of imidazole rings is 1. The molecule has 1 aromatic heterocycles. The second-order valence-corrected chi connectivity index (χ2v) is 9.45. The van der Waals surface area contributed by atoms with Gasteiger partial charge in [0.1, 0.15) is 12.4 Å². The summed E-state index contributed by atoms with van der Waals surface area (Å²) in [6.45, 7) is 0.788. The number of aromatic nitrogens is 2. The van der Waals surface area contributed by atoms with Crippen molar-refractivity contribution in [1.29, 1.82) is 0 Å². The highest BCUT2D eigenvalue weighted by Crippen LogP contribution is 2.27. The molecule has 28 heavy (non-hydrogen) atoms. The Balaban J connectivity index is 0.000000300. The van der Waals surface area contributed by atoms with Crippen LogP contribution in [-0.2, 0) is 40.3 Å². The number of alkyl halides is 3. The van der Waals surface area contributed by atoms with Crippen LogP contribution in [0, 0.1) is 0 Å². The molecule has 3 rings (SSSR count). The molecule has 1 aromatic carbocycles. The second kappa shape index (κ2) is 7.99. The molecule has 2 aromatic rings. The summed E-state index contributed by atoms with van der Waals surface area (Å²) < 4.78 is 87.0. The normalized spacial score (nSPS) is 15.5. The molecule has 156 valence electrons. The lowest BCUT2D eigenvalue weighted by Crippen LogP contribution is -2.39. The van der Waals surface area contributed by atoms with Gasteiger partial charge in [0.25, 0.3) is 6.33 Å². The largest absolute Gasteiger partial charge is 0.522 e. The van der Waals surface area contributed by atoms with E-state index in [4.69, 9.17) is 24.6 Å². The van der Waals surface area contributed by atoms with Gasteiger partial charge in [-0.1, -0.05) is 23.7 Å². The first kappa shape index (κ1) is 22.6. The highest BCUT2D eigenvalue weighted by molar-refractivity contribution is 7.87. The van der Waals surface area contributed by atoms with Gasteiger partial charge >= 0.3 is 25.8 Å². The Labute approximate surface area is 164 Å². The average Bonchev–Trinajstić information content (AvgIpc) is 3.01. The number of benzene rings is 1. The molecular weight excluding hydrogens is 447 g/mol. The zero-order valence-electron chi connectivity index (χ0n) is 14.3. The minimum Gasteiger partial charge on any atom is -0.279 e. The number of hydrogen-bond acceptors (Lipinski definition) is 4. The summed E-state index contributed by atoms with van der Waals surface area (Å²) in [4.78, 5) is 0. The highest BCUT2D eigenvalue weighted by Gasteiger charge is 2.44. The van der Waals surface area contributed by atoms with Gasteiger partial charge in [-0.15, -0.1) is 3.97 Å². The van der Waals surface area contributed by atoms with E-state index in [1.54, 1.807) is 23.9 Å². The zero-order chi connectivity index (χ0) is 21.3. The Hall–Kier alpha value is -1.67. The molecule has 0 spiro atoms.